The molecule has 11 atom stereocenters. The van der Waals surface area contributed by atoms with Gasteiger partial charge in [0.05, 0.1) is 16.1 Å². The first-order valence-corrected chi connectivity index (χ1v) is 23.3. The predicted octanol–water partition coefficient (Wildman–Crippen LogP) is 18.1. The minimum atomic E-state index is -2.36. The van der Waals surface area contributed by atoms with Crippen molar-refractivity contribution in [1.82, 2.24) is 0 Å². The van der Waals surface area contributed by atoms with Crippen molar-refractivity contribution < 1.29 is 0 Å². The summed E-state index contributed by atoms with van der Waals surface area (Å²) < 4.78 is -10.1. The number of alkyl halides is 21. The Morgan fingerprint density at radius 1 is 0.520 bits per heavy atom. The predicted molar refractivity (Wildman–Crippen MR) is 245 cm³/mol. The van der Waals surface area contributed by atoms with E-state index in [0.717, 1.165) is 19.3 Å². The summed E-state index contributed by atoms with van der Waals surface area (Å²) in [6.07, 6.45) is 4.06. The molecule has 0 saturated carbocycles. The fraction of sp³-hybridized carbons (Fsp3) is 1.00. The van der Waals surface area contributed by atoms with Crippen LogP contribution in [0, 0.1) is 0 Å². The second-order valence-electron chi connectivity index (χ2n) is 11.8. The molecular weight excluding hydrogens is 1120 g/mol. The Labute approximate surface area is 410 Å². The molecule has 22 heteroatoms. The largest absolute Gasteiger partial charge is 0.185 e. The molecule has 0 saturated heterocycles. The average Bonchev–Trinajstić information content (AvgIpc) is 2.89. The summed E-state index contributed by atoms with van der Waals surface area (Å²) in [4.78, 5) is 0. The van der Waals surface area contributed by atoms with E-state index in [1.54, 1.807) is 6.92 Å². The Morgan fingerprint density at radius 2 is 0.880 bits per heavy atom. The third kappa shape index (κ3) is 22.8. The highest BCUT2D eigenvalue weighted by Crippen LogP contribution is 2.62. The standard InChI is InChI=1S/C14H15Cl15.C14H24Cl6.ClH/c1-5(15)8(18)6(16)3-11(22,23)9(19)13(26,27)14(28,29)12(24,25)4-7(17)10(2,20)21;1-3-10(16)5-12(18)7-14(20)8-13(19)6-11(17)4-9(2)15;/h5-9H,3-4H2,1-2H3;9-14H,3-8H2,1-2H3;1H. The maximum atomic E-state index is 6.39. The van der Waals surface area contributed by atoms with Crippen LogP contribution in [0.3, 0.4) is 0 Å². The third-order valence-electron chi connectivity index (χ3n) is 6.87. The lowest BCUT2D eigenvalue weighted by atomic mass is 10.0. The zero-order valence-electron chi connectivity index (χ0n) is 26.9. The molecule has 0 aliphatic carbocycles. The molecule has 0 fully saturated rings. The molecule has 0 N–H and O–H groups in total. The molecule has 0 aromatic rings. The van der Waals surface area contributed by atoms with Gasteiger partial charge in [0, 0.05) is 44.1 Å². The molecule has 0 radical (unpaired) electrons. The quantitative estimate of drug-likeness (QED) is 0.0948. The first-order chi connectivity index (χ1) is 21.8. The Bertz CT molecular complexity index is 893. The van der Waals surface area contributed by atoms with Gasteiger partial charge in [0.1, 0.15) is 14.0 Å². The summed E-state index contributed by atoms with van der Waals surface area (Å²) in [5, 5.41) is -4.45. The summed E-state index contributed by atoms with van der Waals surface area (Å²) in [5.74, 6) is 0. The lowest BCUT2D eigenvalue weighted by Crippen LogP contribution is -2.59. The highest BCUT2D eigenvalue weighted by Gasteiger charge is 2.67. The van der Waals surface area contributed by atoms with Gasteiger partial charge in [-0.2, -0.15) is 0 Å². The number of hydrogen-bond donors (Lipinski definition) is 0. The van der Waals surface area contributed by atoms with Gasteiger partial charge in [-0.15, -0.1) is 163 Å². The molecule has 0 aliphatic rings. The SMILES string of the molecule is CC(Cl)C(Cl)C(Cl)CC(Cl)(Cl)C(Cl)C(Cl)(Cl)C(Cl)(Cl)C(Cl)(Cl)CC(Cl)C(C)(Cl)Cl.CCC(Cl)CC(Cl)CC(Cl)CC(Cl)CC(Cl)CC(C)Cl.Cl. The van der Waals surface area contributed by atoms with E-state index in [4.69, 9.17) is 244 Å². The van der Waals surface area contributed by atoms with Crippen LogP contribution in [0.5, 0.6) is 0 Å². The van der Waals surface area contributed by atoms with Gasteiger partial charge < -0.3 is 0 Å². The molecule has 0 aromatic carbocycles. The number of halogens is 22. The Balaban J connectivity index is -0.000000924. The van der Waals surface area contributed by atoms with Crippen molar-refractivity contribution in [3.8, 4) is 0 Å². The molecule has 0 rings (SSSR count). The molecule has 11 unspecified atom stereocenters. The van der Waals surface area contributed by atoms with Gasteiger partial charge in [-0.3, -0.25) is 0 Å². The summed E-state index contributed by atoms with van der Waals surface area (Å²) >= 11 is 131. The van der Waals surface area contributed by atoms with E-state index in [2.05, 4.69) is 0 Å². The zero-order valence-corrected chi connectivity index (χ0v) is 43.5. The average molecular weight is 1160 g/mol. The van der Waals surface area contributed by atoms with Crippen LogP contribution < -0.4 is 0 Å². The molecule has 0 heterocycles. The van der Waals surface area contributed by atoms with E-state index >= 15 is 0 Å². The van der Waals surface area contributed by atoms with E-state index in [1.807, 2.05) is 13.8 Å². The topological polar surface area (TPSA) is 0 Å². The summed E-state index contributed by atoms with van der Waals surface area (Å²) in [6.45, 7) is 7.04. The molecule has 0 spiro atoms. The Morgan fingerprint density at radius 3 is 1.20 bits per heavy atom. The van der Waals surface area contributed by atoms with Crippen molar-refractivity contribution in [3.05, 3.63) is 0 Å². The third-order valence-corrected chi connectivity index (χ3v) is 17.7. The zero-order chi connectivity index (χ0) is 39.5. The van der Waals surface area contributed by atoms with E-state index < -0.39 is 48.6 Å². The summed E-state index contributed by atoms with van der Waals surface area (Å²) in [5.41, 5.74) is 0. The fourth-order valence-electron chi connectivity index (χ4n) is 3.98. The second-order valence-corrected chi connectivity index (χ2v) is 25.9. The van der Waals surface area contributed by atoms with Gasteiger partial charge in [-0.25, -0.2) is 0 Å². The van der Waals surface area contributed by atoms with Crippen molar-refractivity contribution in [2.24, 2.45) is 0 Å². The van der Waals surface area contributed by atoms with Crippen molar-refractivity contribution in [1.29, 1.82) is 0 Å². The Hall–Kier alpha value is 6.38. The van der Waals surface area contributed by atoms with Crippen LogP contribution in [0.2, 0.25) is 0 Å². The van der Waals surface area contributed by atoms with Crippen LogP contribution in [0.25, 0.3) is 0 Å². The highest BCUT2D eigenvalue weighted by molar-refractivity contribution is 6.72. The van der Waals surface area contributed by atoms with Crippen molar-refractivity contribution in [2.45, 2.75) is 160 Å². The minimum Gasteiger partial charge on any atom is -0.147 e. The highest BCUT2D eigenvalue weighted by atomic mass is 35.6. The van der Waals surface area contributed by atoms with Crippen molar-refractivity contribution in [2.75, 3.05) is 0 Å². The van der Waals surface area contributed by atoms with Gasteiger partial charge in [0.15, 0.2) is 13.0 Å². The van der Waals surface area contributed by atoms with E-state index in [0.29, 0.717) is 19.3 Å². The van der Waals surface area contributed by atoms with Gasteiger partial charge in [-0.1, -0.05) is 99.7 Å². The van der Waals surface area contributed by atoms with Crippen LogP contribution in [-0.2, 0) is 0 Å². The molecule has 0 bridgehead atoms. The van der Waals surface area contributed by atoms with Gasteiger partial charge >= 0.3 is 0 Å². The van der Waals surface area contributed by atoms with E-state index in [-0.39, 0.29) is 57.5 Å². The molecule has 0 aromatic heterocycles. The first-order valence-electron chi connectivity index (χ1n) is 14.7. The Kier molecular flexibility index (Phi) is 33.2. The van der Waals surface area contributed by atoms with E-state index in [9.17, 15) is 0 Å². The summed E-state index contributed by atoms with van der Waals surface area (Å²) in [6, 6.07) is 0. The first kappa shape index (κ1) is 60.7. The second kappa shape index (κ2) is 27.4. The van der Waals surface area contributed by atoms with Crippen LogP contribution >= 0.6 is 256 Å². The van der Waals surface area contributed by atoms with Gasteiger partial charge in [0.2, 0.25) is 0 Å². The molecular formula is C28H40Cl22. The number of hydrogen-bond acceptors (Lipinski definition) is 0. The molecule has 0 aliphatic heterocycles. The van der Waals surface area contributed by atoms with Gasteiger partial charge in [-0.05, 0) is 65.7 Å². The fourth-order valence-corrected chi connectivity index (χ4v) is 11.3. The molecule has 50 heavy (non-hydrogen) atoms. The maximum Gasteiger partial charge on any atom is 0.185 e. The smallest absolute Gasteiger partial charge is 0.147 e. The van der Waals surface area contributed by atoms with Crippen LogP contribution in [-0.4, -0.2) is 80.8 Å². The van der Waals surface area contributed by atoms with Crippen LogP contribution in [0.4, 0.5) is 0 Å². The molecule has 0 nitrogen and oxygen atoms in total. The van der Waals surface area contributed by atoms with Gasteiger partial charge in [0.25, 0.3) is 0 Å². The molecule has 0 amide bonds. The normalized spacial score (nSPS) is 20.1. The lowest BCUT2D eigenvalue weighted by molar-refractivity contribution is 0.478. The maximum absolute atomic E-state index is 6.39. The molecule has 306 valence electrons. The van der Waals surface area contributed by atoms with Crippen molar-refractivity contribution in [3.63, 3.8) is 0 Å². The minimum absolute atomic E-state index is 0. The summed E-state index contributed by atoms with van der Waals surface area (Å²) in [7, 11) is 0. The van der Waals surface area contributed by atoms with Crippen molar-refractivity contribution >= 4 is 256 Å². The van der Waals surface area contributed by atoms with E-state index in [1.165, 1.54) is 6.92 Å². The van der Waals surface area contributed by atoms with Crippen LogP contribution in [0.15, 0.2) is 0 Å². The van der Waals surface area contributed by atoms with Crippen LogP contribution in [0.1, 0.15) is 79.1 Å². The monoisotopic (exact) mass is 1150 g/mol. The number of rotatable bonds is 22. The lowest BCUT2D eigenvalue weighted by Gasteiger charge is -2.46.